The van der Waals surface area contributed by atoms with Gasteiger partial charge in [-0.05, 0) is 37.7 Å². The van der Waals surface area contributed by atoms with E-state index in [2.05, 4.69) is 10.3 Å². The highest BCUT2D eigenvalue weighted by molar-refractivity contribution is 5.93. The molecule has 104 valence electrons. The molecule has 0 aliphatic rings. The molecule has 0 saturated carbocycles. The average molecular weight is 271 g/mol. The van der Waals surface area contributed by atoms with Gasteiger partial charge in [0.2, 0.25) is 11.8 Å². The largest absolute Gasteiger partial charge is 0.439 e. The average Bonchev–Trinajstić information content (AvgIpc) is 2.40. The summed E-state index contributed by atoms with van der Waals surface area (Å²) in [5, 5.41) is 3.08. The smallest absolute Gasteiger partial charge is 0.248 e. The van der Waals surface area contributed by atoms with Crippen LogP contribution in [-0.4, -0.2) is 17.9 Å². The van der Waals surface area contributed by atoms with E-state index in [9.17, 15) is 4.79 Å². The molecule has 5 heteroatoms. The van der Waals surface area contributed by atoms with Gasteiger partial charge in [-0.15, -0.1) is 0 Å². The lowest BCUT2D eigenvalue weighted by Gasteiger charge is -2.08. The Morgan fingerprint density at radius 2 is 2.00 bits per heavy atom. The number of aromatic nitrogens is 1. The van der Waals surface area contributed by atoms with Crippen LogP contribution in [0.3, 0.4) is 0 Å². The van der Waals surface area contributed by atoms with Crippen molar-refractivity contribution in [2.75, 3.05) is 7.05 Å². The van der Waals surface area contributed by atoms with Crippen molar-refractivity contribution in [3.05, 3.63) is 53.2 Å². The van der Waals surface area contributed by atoms with Crippen LogP contribution in [0, 0.1) is 6.92 Å². The van der Waals surface area contributed by atoms with Gasteiger partial charge in [0.15, 0.2) is 0 Å². The lowest BCUT2D eigenvalue weighted by Crippen LogP contribution is -2.11. The Morgan fingerprint density at radius 3 is 2.60 bits per heavy atom. The van der Waals surface area contributed by atoms with Crippen LogP contribution < -0.4 is 15.8 Å². The third kappa shape index (κ3) is 3.55. The van der Waals surface area contributed by atoms with Crippen molar-refractivity contribution < 1.29 is 9.53 Å². The molecule has 0 saturated heterocycles. The lowest BCUT2D eigenvalue weighted by molar-refractivity contribution is 0.0999. The molecular formula is C15H17N3O2. The minimum absolute atomic E-state index is 0.361. The number of ether oxygens (including phenoxy) is 1. The van der Waals surface area contributed by atoms with E-state index in [-0.39, 0.29) is 0 Å². The van der Waals surface area contributed by atoms with Crippen LogP contribution >= 0.6 is 0 Å². The molecule has 3 N–H and O–H groups in total. The number of benzene rings is 1. The third-order valence-electron chi connectivity index (χ3n) is 2.74. The first kappa shape index (κ1) is 14.0. The molecule has 1 aromatic carbocycles. The quantitative estimate of drug-likeness (QED) is 0.872. The highest BCUT2D eigenvalue weighted by atomic mass is 16.5. The normalized spacial score (nSPS) is 10.3. The Hall–Kier alpha value is -2.40. The molecule has 0 fully saturated rings. The van der Waals surface area contributed by atoms with Gasteiger partial charge in [-0.2, -0.15) is 0 Å². The maximum absolute atomic E-state index is 11.2. The van der Waals surface area contributed by atoms with Crippen molar-refractivity contribution in [3.63, 3.8) is 0 Å². The third-order valence-corrected chi connectivity index (χ3v) is 2.74. The van der Waals surface area contributed by atoms with E-state index in [0.717, 1.165) is 12.1 Å². The van der Waals surface area contributed by atoms with Crippen molar-refractivity contribution in [1.82, 2.24) is 10.3 Å². The molecule has 2 aromatic rings. The van der Waals surface area contributed by atoms with Crippen LogP contribution in [0.25, 0.3) is 0 Å². The number of hydrogen-bond donors (Lipinski definition) is 2. The molecule has 0 spiro atoms. The molecule has 5 nitrogen and oxygen atoms in total. The van der Waals surface area contributed by atoms with Crippen molar-refractivity contribution in [3.8, 4) is 11.6 Å². The molecule has 20 heavy (non-hydrogen) atoms. The summed E-state index contributed by atoms with van der Waals surface area (Å²) in [6.45, 7) is 2.59. The van der Waals surface area contributed by atoms with E-state index in [1.807, 2.05) is 31.3 Å². The van der Waals surface area contributed by atoms with Gasteiger partial charge in [0.1, 0.15) is 5.75 Å². The number of amides is 1. The van der Waals surface area contributed by atoms with Crippen LogP contribution in [0.1, 0.15) is 21.6 Å². The molecule has 1 amide bonds. The summed E-state index contributed by atoms with van der Waals surface area (Å²) in [7, 11) is 1.90. The Morgan fingerprint density at radius 1 is 1.30 bits per heavy atom. The first-order valence-electron chi connectivity index (χ1n) is 6.28. The SMILES string of the molecule is CNCc1ccc(Oc2cc(C(N)=O)cc(C)n2)cc1. The molecule has 0 aliphatic heterocycles. The first-order valence-corrected chi connectivity index (χ1v) is 6.28. The number of carbonyl (C=O) groups is 1. The van der Waals surface area contributed by atoms with Gasteiger partial charge < -0.3 is 15.8 Å². The molecular weight excluding hydrogens is 254 g/mol. The number of pyridine rings is 1. The highest BCUT2D eigenvalue weighted by Gasteiger charge is 2.06. The second kappa shape index (κ2) is 6.16. The van der Waals surface area contributed by atoms with Crippen molar-refractivity contribution in [2.45, 2.75) is 13.5 Å². The fourth-order valence-corrected chi connectivity index (χ4v) is 1.83. The Balaban J connectivity index is 2.19. The van der Waals surface area contributed by atoms with Crippen LogP contribution in [0.4, 0.5) is 0 Å². The summed E-state index contributed by atoms with van der Waals surface area (Å²) in [4.78, 5) is 15.4. The summed E-state index contributed by atoms with van der Waals surface area (Å²) in [5.74, 6) is 0.531. The number of carbonyl (C=O) groups excluding carboxylic acids is 1. The van der Waals surface area contributed by atoms with E-state index in [0.29, 0.717) is 22.9 Å². The van der Waals surface area contributed by atoms with Gasteiger partial charge >= 0.3 is 0 Å². The zero-order chi connectivity index (χ0) is 14.5. The van der Waals surface area contributed by atoms with Crippen LogP contribution in [0.15, 0.2) is 36.4 Å². The number of nitrogens with two attached hydrogens (primary N) is 1. The van der Waals surface area contributed by atoms with Gasteiger partial charge in [0.25, 0.3) is 0 Å². The van der Waals surface area contributed by atoms with E-state index >= 15 is 0 Å². The summed E-state index contributed by atoms with van der Waals surface area (Å²) >= 11 is 0. The highest BCUT2D eigenvalue weighted by Crippen LogP contribution is 2.21. The summed E-state index contributed by atoms with van der Waals surface area (Å²) in [5.41, 5.74) is 7.50. The Kier molecular flexibility index (Phi) is 4.32. The summed E-state index contributed by atoms with van der Waals surface area (Å²) in [6, 6.07) is 10.8. The second-order valence-electron chi connectivity index (χ2n) is 4.48. The molecule has 0 aliphatic carbocycles. The van der Waals surface area contributed by atoms with Gasteiger partial charge in [-0.25, -0.2) is 4.98 Å². The maximum atomic E-state index is 11.2. The second-order valence-corrected chi connectivity index (χ2v) is 4.48. The number of nitrogens with one attached hydrogen (secondary N) is 1. The predicted octanol–water partition coefficient (Wildman–Crippen LogP) is 2.00. The first-order chi connectivity index (χ1) is 9.58. The molecule has 0 bridgehead atoms. The topological polar surface area (TPSA) is 77.2 Å². The minimum atomic E-state index is -0.496. The molecule has 0 radical (unpaired) electrons. The monoisotopic (exact) mass is 271 g/mol. The Labute approximate surface area is 117 Å². The zero-order valence-corrected chi connectivity index (χ0v) is 11.5. The minimum Gasteiger partial charge on any atom is -0.439 e. The molecule has 1 aromatic heterocycles. The van der Waals surface area contributed by atoms with Crippen LogP contribution in [0.5, 0.6) is 11.6 Å². The number of aryl methyl sites for hydroxylation is 1. The summed E-state index contributed by atoms with van der Waals surface area (Å²) in [6.07, 6.45) is 0. The Bertz CT molecular complexity index is 609. The fourth-order valence-electron chi connectivity index (χ4n) is 1.83. The van der Waals surface area contributed by atoms with Crippen LogP contribution in [0.2, 0.25) is 0 Å². The van der Waals surface area contributed by atoms with Crippen molar-refractivity contribution in [1.29, 1.82) is 0 Å². The maximum Gasteiger partial charge on any atom is 0.248 e. The molecule has 1 heterocycles. The number of nitrogens with zero attached hydrogens (tertiary/aromatic N) is 1. The van der Waals surface area contributed by atoms with E-state index in [1.54, 1.807) is 13.0 Å². The molecule has 2 rings (SSSR count). The fraction of sp³-hybridized carbons (Fsp3) is 0.200. The number of hydrogen-bond acceptors (Lipinski definition) is 4. The summed E-state index contributed by atoms with van der Waals surface area (Å²) < 4.78 is 5.64. The van der Waals surface area contributed by atoms with Gasteiger partial charge in [-0.1, -0.05) is 12.1 Å². The number of rotatable bonds is 5. The zero-order valence-electron chi connectivity index (χ0n) is 11.5. The van der Waals surface area contributed by atoms with E-state index in [4.69, 9.17) is 10.5 Å². The molecule has 0 unspecified atom stereocenters. The van der Waals surface area contributed by atoms with Crippen LogP contribution in [-0.2, 0) is 6.54 Å². The van der Waals surface area contributed by atoms with E-state index < -0.39 is 5.91 Å². The van der Waals surface area contributed by atoms with Gasteiger partial charge in [0, 0.05) is 23.9 Å². The van der Waals surface area contributed by atoms with Gasteiger partial charge in [-0.3, -0.25) is 4.79 Å². The lowest BCUT2D eigenvalue weighted by atomic mass is 10.2. The predicted molar refractivity (Wildman–Crippen MR) is 76.8 cm³/mol. The number of primary amides is 1. The van der Waals surface area contributed by atoms with Gasteiger partial charge in [0.05, 0.1) is 0 Å². The van der Waals surface area contributed by atoms with Crippen molar-refractivity contribution >= 4 is 5.91 Å². The van der Waals surface area contributed by atoms with Crippen molar-refractivity contribution in [2.24, 2.45) is 5.73 Å². The van der Waals surface area contributed by atoms with E-state index in [1.165, 1.54) is 6.07 Å². The standard InChI is InChI=1S/C15H17N3O2/c1-10-7-12(15(16)19)8-14(18-10)20-13-5-3-11(4-6-13)9-17-2/h3-8,17H,9H2,1-2H3,(H2,16,19). The molecule has 0 atom stereocenters.